The molecule has 0 saturated carbocycles. The van der Waals surface area contributed by atoms with E-state index in [2.05, 4.69) is 5.32 Å². The Labute approximate surface area is 113 Å². The van der Waals surface area contributed by atoms with Gasteiger partial charge in [0.2, 0.25) is 5.91 Å². The van der Waals surface area contributed by atoms with Crippen molar-refractivity contribution < 1.29 is 14.7 Å². The molecule has 1 rings (SSSR count). The zero-order valence-electron chi connectivity index (χ0n) is 11.2. The molecule has 0 radical (unpaired) electrons. The second kappa shape index (κ2) is 7.36. The van der Waals surface area contributed by atoms with Crippen molar-refractivity contribution >= 4 is 18.0 Å². The number of carbonyl (C=O) groups is 2. The molecule has 4 heteroatoms. The van der Waals surface area contributed by atoms with Crippen LogP contribution in [-0.2, 0) is 16.1 Å². The lowest BCUT2D eigenvalue weighted by molar-refractivity contribution is -0.131. The minimum Gasteiger partial charge on any atom is -0.478 e. The smallest absolute Gasteiger partial charge is 0.328 e. The molecule has 102 valence electrons. The maximum atomic E-state index is 11.6. The zero-order valence-corrected chi connectivity index (χ0v) is 11.2. The van der Waals surface area contributed by atoms with Crippen LogP contribution in [0.2, 0.25) is 0 Å². The van der Waals surface area contributed by atoms with Gasteiger partial charge in [0.05, 0.1) is 0 Å². The van der Waals surface area contributed by atoms with E-state index in [-0.39, 0.29) is 11.8 Å². The molecule has 0 aliphatic rings. The lowest BCUT2D eigenvalue weighted by Crippen LogP contribution is -2.28. The molecule has 0 bridgehead atoms. The standard InChI is InChI=1S/C15H19NO3/c1-3-11(2)15(19)16-10-13-6-4-5-12(9-13)7-8-14(17)18/h4-9,11H,3,10H2,1-2H3,(H,16,19)(H,17,18)/b8-7+. The number of aliphatic carboxylic acids is 1. The van der Waals surface area contributed by atoms with Gasteiger partial charge in [-0.15, -0.1) is 0 Å². The molecule has 0 aliphatic heterocycles. The molecule has 2 N–H and O–H groups in total. The molecule has 0 aliphatic carbocycles. The van der Waals surface area contributed by atoms with Crippen LogP contribution in [0.1, 0.15) is 31.4 Å². The van der Waals surface area contributed by atoms with Crippen molar-refractivity contribution in [2.75, 3.05) is 0 Å². The van der Waals surface area contributed by atoms with Gasteiger partial charge < -0.3 is 10.4 Å². The average molecular weight is 261 g/mol. The van der Waals surface area contributed by atoms with Crippen LogP contribution in [0.4, 0.5) is 0 Å². The molecule has 0 heterocycles. The van der Waals surface area contributed by atoms with E-state index in [4.69, 9.17) is 5.11 Å². The molecule has 1 unspecified atom stereocenters. The SMILES string of the molecule is CCC(C)C(=O)NCc1cccc(/C=C/C(=O)O)c1. The molecule has 1 atom stereocenters. The van der Waals surface area contributed by atoms with Crippen LogP contribution >= 0.6 is 0 Å². The van der Waals surface area contributed by atoms with Crippen molar-refractivity contribution in [2.45, 2.75) is 26.8 Å². The summed E-state index contributed by atoms with van der Waals surface area (Å²) in [6.07, 6.45) is 3.44. The summed E-state index contributed by atoms with van der Waals surface area (Å²) >= 11 is 0. The van der Waals surface area contributed by atoms with E-state index < -0.39 is 5.97 Å². The molecule has 0 saturated heterocycles. The van der Waals surface area contributed by atoms with Crippen LogP contribution in [0.5, 0.6) is 0 Å². The highest BCUT2D eigenvalue weighted by Gasteiger charge is 2.09. The molecular formula is C15H19NO3. The number of rotatable bonds is 6. The summed E-state index contributed by atoms with van der Waals surface area (Å²) in [5.74, 6) is -0.931. The minimum absolute atomic E-state index is 0.00934. The maximum Gasteiger partial charge on any atom is 0.328 e. The molecule has 1 amide bonds. The summed E-state index contributed by atoms with van der Waals surface area (Å²) in [4.78, 5) is 22.1. The van der Waals surface area contributed by atoms with Gasteiger partial charge in [0.15, 0.2) is 0 Å². The van der Waals surface area contributed by atoms with E-state index in [9.17, 15) is 9.59 Å². The number of hydrogen-bond acceptors (Lipinski definition) is 2. The lowest BCUT2D eigenvalue weighted by Gasteiger charge is -2.10. The van der Waals surface area contributed by atoms with Gasteiger partial charge in [-0.05, 0) is 29.7 Å². The Morgan fingerprint density at radius 2 is 2.16 bits per heavy atom. The van der Waals surface area contributed by atoms with Crippen LogP contribution in [0.15, 0.2) is 30.3 Å². The van der Waals surface area contributed by atoms with Gasteiger partial charge in [0.25, 0.3) is 0 Å². The number of carboxylic acid groups (broad SMARTS) is 1. The quantitative estimate of drug-likeness (QED) is 0.773. The Hall–Kier alpha value is -2.10. The van der Waals surface area contributed by atoms with Gasteiger partial charge in [0.1, 0.15) is 0 Å². The van der Waals surface area contributed by atoms with Crippen LogP contribution in [0.25, 0.3) is 6.08 Å². The zero-order chi connectivity index (χ0) is 14.3. The van der Waals surface area contributed by atoms with Crippen molar-refractivity contribution in [2.24, 2.45) is 5.92 Å². The van der Waals surface area contributed by atoms with Crippen molar-refractivity contribution in [3.63, 3.8) is 0 Å². The Morgan fingerprint density at radius 3 is 2.79 bits per heavy atom. The fraction of sp³-hybridized carbons (Fsp3) is 0.333. The second-order valence-corrected chi connectivity index (χ2v) is 4.44. The molecular weight excluding hydrogens is 242 g/mol. The van der Waals surface area contributed by atoms with E-state index >= 15 is 0 Å². The highest BCUT2D eigenvalue weighted by atomic mass is 16.4. The first-order valence-corrected chi connectivity index (χ1v) is 6.30. The van der Waals surface area contributed by atoms with Crippen LogP contribution < -0.4 is 5.32 Å². The first-order chi connectivity index (χ1) is 9.02. The Bertz CT molecular complexity index is 480. The largest absolute Gasteiger partial charge is 0.478 e. The van der Waals surface area contributed by atoms with Crippen molar-refractivity contribution in [3.8, 4) is 0 Å². The number of carboxylic acids is 1. The lowest BCUT2D eigenvalue weighted by atomic mass is 10.1. The highest BCUT2D eigenvalue weighted by Crippen LogP contribution is 2.08. The van der Waals surface area contributed by atoms with Crippen LogP contribution in [-0.4, -0.2) is 17.0 Å². The minimum atomic E-state index is -0.976. The van der Waals surface area contributed by atoms with Crippen molar-refractivity contribution in [1.29, 1.82) is 0 Å². The second-order valence-electron chi connectivity index (χ2n) is 4.44. The van der Waals surface area contributed by atoms with Gasteiger partial charge in [-0.25, -0.2) is 4.79 Å². The predicted molar refractivity (Wildman–Crippen MR) is 74.4 cm³/mol. The highest BCUT2D eigenvalue weighted by molar-refractivity contribution is 5.85. The molecule has 19 heavy (non-hydrogen) atoms. The normalized spacial score (nSPS) is 12.3. The third-order valence-electron chi connectivity index (χ3n) is 2.90. The summed E-state index contributed by atoms with van der Waals surface area (Å²) < 4.78 is 0. The van der Waals surface area contributed by atoms with Gasteiger partial charge >= 0.3 is 5.97 Å². The fourth-order valence-electron chi connectivity index (χ4n) is 1.52. The Morgan fingerprint density at radius 1 is 1.42 bits per heavy atom. The summed E-state index contributed by atoms with van der Waals surface area (Å²) in [5, 5.41) is 11.4. The number of benzene rings is 1. The Kier molecular flexibility index (Phi) is 5.79. The van der Waals surface area contributed by atoms with Gasteiger partial charge in [0, 0.05) is 18.5 Å². The van der Waals surface area contributed by atoms with Gasteiger partial charge in [-0.1, -0.05) is 32.0 Å². The number of carbonyl (C=O) groups excluding carboxylic acids is 1. The molecule has 4 nitrogen and oxygen atoms in total. The molecule has 0 spiro atoms. The summed E-state index contributed by atoms with van der Waals surface area (Å²) in [6, 6.07) is 7.41. The van der Waals surface area contributed by atoms with E-state index in [1.54, 1.807) is 0 Å². The predicted octanol–water partition coefficient (Wildman–Crippen LogP) is 2.45. The average Bonchev–Trinajstić information content (AvgIpc) is 2.42. The molecule has 0 aromatic heterocycles. The van der Waals surface area contributed by atoms with E-state index in [1.165, 1.54) is 6.08 Å². The van der Waals surface area contributed by atoms with Gasteiger partial charge in [-0.2, -0.15) is 0 Å². The maximum absolute atomic E-state index is 11.6. The summed E-state index contributed by atoms with van der Waals surface area (Å²) in [6.45, 7) is 4.32. The number of hydrogen-bond donors (Lipinski definition) is 2. The van der Waals surface area contributed by atoms with E-state index in [0.717, 1.165) is 23.6 Å². The van der Waals surface area contributed by atoms with Crippen LogP contribution in [0.3, 0.4) is 0 Å². The third kappa shape index (κ3) is 5.38. The first-order valence-electron chi connectivity index (χ1n) is 6.30. The molecule has 0 fully saturated rings. The monoisotopic (exact) mass is 261 g/mol. The summed E-state index contributed by atoms with van der Waals surface area (Å²) in [7, 11) is 0. The third-order valence-corrected chi connectivity index (χ3v) is 2.90. The topological polar surface area (TPSA) is 66.4 Å². The van der Waals surface area contributed by atoms with Crippen molar-refractivity contribution in [3.05, 3.63) is 41.5 Å². The van der Waals surface area contributed by atoms with Crippen LogP contribution in [0, 0.1) is 5.92 Å². The number of nitrogens with one attached hydrogen (secondary N) is 1. The van der Waals surface area contributed by atoms with Crippen molar-refractivity contribution in [1.82, 2.24) is 5.32 Å². The number of amides is 1. The first kappa shape index (κ1) is 15.0. The fourth-order valence-corrected chi connectivity index (χ4v) is 1.52. The van der Waals surface area contributed by atoms with Gasteiger partial charge in [-0.3, -0.25) is 4.79 Å². The van der Waals surface area contributed by atoms with E-state index in [1.807, 2.05) is 38.1 Å². The van der Waals surface area contributed by atoms with E-state index in [0.29, 0.717) is 6.54 Å². The molecule has 1 aromatic rings. The molecule has 1 aromatic carbocycles. The Balaban J connectivity index is 2.62. The summed E-state index contributed by atoms with van der Waals surface area (Å²) in [5.41, 5.74) is 1.75.